The zero-order valence-corrected chi connectivity index (χ0v) is 6.27. The Morgan fingerprint density at radius 1 is 1.67 bits per heavy atom. The molecule has 0 saturated heterocycles. The first-order valence-corrected chi connectivity index (χ1v) is 3.26. The summed E-state index contributed by atoms with van der Waals surface area (Å²) in [6, 6.07) is 4.63. The molecule has 2 N–H and O–H groups in total. The van der Waals surface area contributed by atoms with Crippen LogP contribution in [0.15, 0.2) is 22.7 Å². The Hall–Kier alpha value is -0.500. The van der Waals surface area contributed by atoms with Crippen LogP contribution in [0.1, 0.15) is 9.68 Å². The van der Waals surface area contributed by atoms with Crippen LogP contribution >= 0.6 is 15.9 Å². The van der Waals surface area contributed by atoms with Gasteiger partial charge >= 0.3 is 0 Å². The number of aryl methyl sites for hydroxylation is 1. The Bertz CT molecular complexity index is 295. The smallest absolute Gasteiger partial charge is 0.0461 e. The number of hydrogen-bond donors (Lipinski definition) is 1. The number of benzene rings is 1. The van der Waals surface area contributed by atoms with E-state index in [0.717, 1.165) is 4.47 Å². The van der Waals surface area contributed by atoms with Gasteiger partial charge in [-0.1, -0.05) is 6.07 Å². The van der Waals surface area contributed by atoms with Crippen LogP contribution in [0.5, 0.6) is 0 Å². The van der Waals surface area contributed by atoms with E-state index in [4.69, 9.17) is 9.85 Å². The highest BCUT2D eigenvalue weighted by Crippen LogP contribution is 2.19. The van der Waals surface area contributed by atoms with Crippen molar-refractivity contribution in [3.8, 4) is 0 Å². The highest BCUT2D eigenvalue weighted by molar-refractivity contribution is 9.10. The predicted molar refractivity (Wildman–Crippen MR) is 43.3 cm³/mol. The standard InChI is InChI=1S/C7H8BrN/c1-5-2-3-6(8)7(9)4-5/h2-4H,9H2,1H3/i1D3. The van der Waals surface area contributed by atoms with Gasteiger partial charge in [0.05, 0.1) is 0 Å². The molecule has 0 unspecified atom stereocenters. The van der Waals surface area contributed by atoms with Gasteiger partial charge in [0.1, 0.15) is 0 Å². The van der Waals surface area contributed by atoms with E-state index in [1.165, 1.54) is 12.1 Å². The second-order valence-electron chi connectivity index (χ2n) is 1.74. The second-order valence-corrected chi connectivity index (χ2v) is 2.59. The van der Waals surface area contributed by atoms with Gasteiger partial charge in [0, 0.05) is 14.3 Å². The van der Waals surface area contributed by atoms with Gasteiger partial charge in [-0.2, -0.15) is 0 Å². The molecule has 0 amide bonds. The summed E-state index contributed by atoms with van der Waals surface area (Å²) in [7, 11) is 0. The van der Waals surface area contributed by atoms with Crippen molar-refractivity contribution in [2.45, 2.75) is 6.85 Å². The lowest BCUT2D eigenvalue weighted by molar-refractivity contribution is 1.46. The summed E-state index contributed by atoms with van der Waals surface area (Å²) in [5, 5.41) is 0. The number of nitrogens with two attached hydrogens (primary N) is 1. The van der Waals surface area contributed by atoms with Crippen molar-refractivity contribution in [2.75, 3.05) is 5.73 Å². The second kappa shape index (κ2) is 2.40. The summed E-state index contributed by atoms with van der Waals surface area (Å²) in [6.07, 6.45) is 0. The molecule has 0 spiro atoms. The molecule has 0 aliphatic rings. The van der Waals surface area contributed by atoms with E-state index in [1.54, 1.807) is 6.07 Å². The molecule has 9 heavy (non-hydrogen) atoms. The highest BCUT2D eigenvalue weighted by atomic mass is 79.9. The van der Waals surface area contributed by atoms with Crippen LogP contribution in [-0.2, 0) is 0 Å². The molecule has 0 aromatic heterocycles. The van der Waals surface area contributed by atoms with Gasteiger partial charge in [-0.15, -0.1) is 0 Å². The first kappa shape index (κ1) is 3.62. The minimum absolute atomic E-state index is 0.267. The molecule has 2 heteroatoms. The van der Waals surface area contributed by atoms with E-state index < -0.39 is 6.85 Å². The van der Waals surface area contributed by atoms with Crippen LogP contribution < -0.4 is 5.73 Å². The summed E-state index contributed by atoms with van der Waals surface area (Å²) in [6.45, 7) is -2.07. The van der Waals surface area contributed by atoms with Crippen molar-refractivity contribution in [1.29, 1.82) is 0 Å². The van der Waals surface area contributed by atoms with E-state index in [-0.39, 0.29) is 5.56 Å². The summed E-state index contributed by atoms with van der Waals surface area (Å²) < 4.78 is 22.0. The lowest BCUT2D eigenvalue weighted by Crippen LogP contribution is -1.85. The minimum atomic E-state index is -2.07. The first-order valence-electron chi connectivity index (χ1n) is 3.97. The Labute approximate surface area is 67.2 Å². The molecular weight excluding hydrogens is 178 g/mol. The summed E-state index contributed by atoms with van der Waals surface area (Å²) in [5.74, 6) is 0. The maximum absolute atomic E-state index is 7.10. The molecule has 0 saturated carbocycles. The molecule has 0 aliphatic carbocycles. The molecule has 0 heterocycles. The summed E-state index contributed by atoms with van der Waals surface area (Å²) in [4.78, 5) is 0. The Kier molecular flexibility index (Phi) is 0.962. The number of rotatable bonds is 0. The number of nitrogen functional groups attached to an aromatic ring is 1. The first-order chi connectivity index (χ1) is 5.41. The molecule has 1 rings (SSSR count). The van der Waals surface area contributed by atoms with Gasteiger partial charge in [0.2, 0.25) is 0 Å². The van der Waals surface area contributed by atoms with Crippen LogP contribution in [0.4, 0.5) is 5.69 Å². The largest absolute Gasteiger partial charge is 0.398 e. The van der Waals surface area contributed by atoms with Gasteiger partial charge < -0.3 is 5.73 Å². The van der Waals surface area contributed by atoms with Crippen LogP contribution in [0.2, 0.25) is 0 Å². The van der Waals surface area contributed by atoms with Crippen molar-refractivity contribution in [3.05, 3.63) is 28.2 Å². The third-order valence-electron chi connectivity index (χ3n) is 0.996. The monoisotopic (exact) mass is 188 g/mol. The Balaban J connectivity index is 3.14. The zero-order chi connectivity index (χ0) is 9.35. The lowest BCUT2D eigenvalue weighted by atomic mass is 10.2. The number of anilines is 1. The van der Waals surface area contributed by atoms with Gasteiger partial charge in [-0.3, -0.25) is 0 Å². The molecule has 0 fully saturated rings. The van der Waals surface area contributed by atoms with Crippen LogP contribution in [0, 0.1) is 6.85 Å². The maximum atomic E-state index is 7.10. The molecule has 1 aromatic rings. The quantitative estimate of drug-likeness (QED) is 0.622. The lowest BCUT2D eigenvalue weighted by Gasteiger charge is -1.96. The molecule has 48 valence electrons. The zero-order valence-electron chi connectivity index (χ0n) is 7.69. The van der Waals surface area contributed by atoms with E-state index >= 15 is 0 Å². The van der Waals surface area contributed by atoms with Gasteiger partial charge in [-0.25, -0.2) is 0 Å². The third kappa shape index (κ3) is 1.45. The SMILES string of the molecule is [2H]C([2H])([2H])c1ccc(Br)c(N)c1. The van der Waals surface area contributed by atoms with Gasteiger partial charge in [-0.05, 0) is 40.5 Å². The molecule has 1 nitrogen and oxygen atoms in total. The van der Waals surface area contributed by atoms with Crippen molar-refractivity contribution >= 4 is 21.6 Å². The van der Waals surface area contributed by atoms with Gasteiger partial charge in [0.15, 0.2) is 0 Å². The van der Waals surface area contributed by atoms with Crippen LogP contribution in [0.25, 0.3) is 0 Å². The fraction of sp³-hybridized carbons (Fsp3) is 0.143. The molecular formula is C7H8BrN. The van der Waals surface area contributed by atoms with Crippen molar-refractivity contribution in [1.82, 2.24) is 0 Å². The fourth-order valence-corrected chi connectivity index (χ4v) is 0.790. The number of hydrogen-bond acceptors (Lipinski definition) is 1. The molecule has 0 radical (unpaired) electrons. The Morgan fingerprint density at radius 3 is 3.00 bits per heavy atom. The summed E-state index contributed by atoms with van der Waals surface area (Å²) >= 11 is 3.19. The highest BCUT2D eigenvalue weighted by Gasteiger charge is 1.91. The van der Waals surface area contributed by atoms with Gasteiger partial charge in [0.25, 0.3) is 0 Å². The molecule has 0 aliphatic heterocycles. The average molecular weight is 189 g/mol. The topological polar surface area (TPSA) is 26.0 Å². The molecule has 1 aromatic carbocycles. The van der Waals surface area contributed by atoms with Crippen LogP contribution in [0.3, 0.4) is 0 Å². The summed E-state index contributed by atoms with van der Waals surface area (Å²) in [5.41, 5.74) is 6.24. The van der Waals surface area contributed by atoms with E-state index in [9.17, 15) is 0 Å². The maximum Gasteiger partial charge on any atom is 0.0461 e. The van der Waals surface area contributed by atoms with Crippen LogP contribution in [-0.4, -0.2) is 0 Å². The van der Waals surface area contributed by atoms with E-state index in [0.29, 0.717) is 5.69 Å². The number of halogens is 1. The van der Waals surface area contributed by atoms with Crippen molar-refractivity contribution in [3.63, 3.8) is 0 Å². The molecule has 0 atom stereocenters. The van der Waals surface area contributed by atoms with E-state index in [1.807, 2.05) is 0 Å². The average Bonchev–Trinajstić information content (AvgIpc) is 1.92. The normalized spacial score (nSPS) is 15.9. The fourth-order valence-electron chi connectivity index (χ4n) is 0.544. The third-order valence-corrected chi connectivity index (χ3v) is 1.72. The predicted octanol–water partition coefficient (Wildman–Crippen LogP) is 2.34. The molecule has 0 bridgehead atoms. The van der Waals surface area contributed by atoms with Crippen molar-refractivity contribution in [2.24, 2.45) is 0 Å². The Morgan fingerprint density at radius 2 is 2.44 bits per heavy atom. The van der Waals surface area contributed by atoms with E-state index in [2.05, 4.69) is 15.9 Å². The minimum Gasteiger partial charge on any atom is -0.398 e. The van der Waals surface area contributed by atoms with Crippen molar-refractivity contribution < 1.29 is 4.11 Å².